The number of carbonyl (C=O) groups excluding carboxylic acids is 2. The molecule has 0 spiro atoms. The Labute approximate surface area is 338 Å². The summed E-state index contributed by atoms with van der Waals surface area (Å²) in [5.74, 6) is 0.189. The molecule has 2 N–H and O–H groups in total. The van der Waals surface area contributed by atoms with E-state index in [-0.39, 0.29) is 42.1 Å². The topological polar surface area (TPSA) is 137 Å². The zero-order chi connectivity index (χ0) is 42.2. The molecule has 15 heteroatoms. The van der Waals surface area contributed by atoms with Crippen molar-refractivity contribution in [2.45, 2.75) is 33.9 Å². The molecule has 13 nitrogen and oxygen atoms in total. The number of hydrogen-bond donors (Lipinski definition) is 2. The van der Waals surface area contributed by atoms with Crippen LogP contribution in [0, 0.1) is 11.6 Å². The van der Waals surface area contributed by atoms with Crippen molar-refractivity contribution in [3.05, 3.63) is 119 Å². The van der Waals surface area contributed by atoms with Crippen molar-refractivity contribution in [1.82, 2.24) is 25.1 Å². The van der Waals surface area contributed by atoms with Crippen LogP contribution in [0.25, 0.3) is 11.4 Å². The van der Waals surface area contributed by atoms with E-state index in [4.69, 9.17) is 23.7 Å². The number of ether oxygens (including phenoxy) is 5. The van der Waals surface area contributed by atoms with Crippen molar-refractivity contribution in [2.75, 3.05) is 73.1 Å². The standard InChI is InChI=1S/C34H34F2N6O5.C7H12O2.C2H6/c1-45-24-11-8-22(28(18-24)46-2)19-42-20-27-30(34(42)44)32(40-31(39-27)29-25(35)4-3-5-26(29)36)38-23-9-6-21(7-10-23)33(43)37-12-13-41-14-16-47-17-15-41;1-6(8-3)5-7(2)9-4;1-2/h3-11,18H,12-17,19-20H2,1-2H3,(H,37,43)(H,38,39,40);5H,1H2,2-4H3;1-2H3/b;7-5+;. The van der Waals surface area contributed by atoms with Crippen LogP contribution in [0.2, 0.25) is 0 Å². The Morgan fingerprint density at radius 2 is 1.62 bits per heavy atom. The van der Waals surface area contributed by atoms with Gasteiger partial charge in [0.05, 0.1) is 71.8 Å². The number of halogens is 2. The average molecular weight is 803 g/mol. The van der Waals surface area contributed by atoms with Gasteiger partial charge in [-0.05, 0) is 55.5 Å². The molecule has 2 aliphatic heterocycles. The molecular weight excluding hydrogens is 751 g/mol. The highest BCUT2D eigenvalue weighted by atomic mass is 19.1. The summed E-state index contributed by atoms with van der Waals surface area (Å²) < 4.78 is 55.5. The third-order valence-electron chi connectivity index (χ3n) is 9.04. The maximum atomic E-state index is 14.9. The first-order valence-corrected chi connectivity index (χ1v) is 18.8. The summed E-state index contributed by atoms with van der Waals surface area (Å²) in [6.45, 7) is 14.0. The molecule has 1 fully saturated rings. The Kier molecular flexibility index (Phi) is 17.0. The molecule has 0 unspecified atom stereocenters. The highest BCUT2D eigenvalue weighted by Crippen LogP contribution is 2.35. The van der Waals surface area contributed by atoms with Crippen molar-refractivity contribution in [1.29, 1.82) is 0 Å². The van der Waals surface area contributed by atoms with Gasteiger partial charge in [-0.3, -0.25) is 14.5 Å². The quantitative estimate of drug-likeness (QED) is 0.0997. The number of hydrogen-bond acceptors (Lipinski definition) is 11. The first kappa shape index (κ1) is 44.7. The molecule has 4 aromatic rings. The second-order valence-corrected chi connectivity index (χ2v) is 12.7. The zero-order valence-corrected chi connectivity index (χ0v) is 34.1. The largest absolute Gasteiger partial charge is 0.501 e. The number of carbonyl (C=O) groups is 2. The third-order valence-corrected chi connectivity index (χ3v) is 9.04. The lowest BCUT2D eigenvalue weighted by Gasteiger charge is -2.26. The van der Waals surface area contributed by atoms with Gasteiger partial charge in [-0.2, -0.15) is 0 Å². The van der Waals surface area contributed by atoms with Gasteiger partial charge in [0.15, 0.2) is 5.82 Å². The Bertz CT molecular complexity index is 2040. The van der Waals surface area contributed by atoms with E-state index < -0.39 is 17.2 Å². The predicted octanol–water partition coefficient (Wildman–Crippen LogP) is 7.12. The summed E-state index contributed by atoms with van der Waals surface area (Å²) in [6, 6.07) is 15.5. The summed E-state index contributed by atoms with van der Waals surface area (Å²) in [6.07, 6.45) is 1.72. The van der Waals surface area contributed by atoms with Gasteiger partial charge in [-0.1, -0.05) is 26.5 Å². The van der Waals surface area contributed by atoms with Gasteiger partial charge in [0.1, 0.15) is 40.3 Å². The maximum Gasteiger partial charge on any atom is 0.260 e. The van der Waals surface area contributed by atoms with Gasteiger partial charge >= 0.3 is 0 Å². The van der Waals surface area contributed by atoms with E-state index in [9.17, 15) is 18.4 Å². The fraction of sp³-hybridized carbons (Fsp3) is 0.349. The van der Waals surface area contributed by atoms with Crippen LogP contribution in [0.15, 0.2) is 84.8 Å². The smallest absolute Gasteiger partial charge is 0.260 e. The SMILES string of the molecule is C=C(/C=C(\C)OC)OC.CC.COc1ccc(CN2Cc3nc(-c4c(F)cccc4F)nc(Nc4ccc(C(=O)NCCN5CCOCC5)cc4)c3C2=O)c(OC)c1. The molecule has 0 bridgehead atoms. The van der Waals surface area contributed by atoms with Gasteiger partial charge in [-0.25, -0.2) is 18.7 Å². The first-order valence-electron chi connectivity index (χ1n) is 18.8. The second-order valence-electron chi connectivity index (χ2n) is 12.7. The van der Waals surface area contributed by atoms with E-state index >= 15 is 0 Å². The normalized spacial score (nSPS) is 13.6. The number of allylic oxidation sites excluding steroid dienone is 2. The molecule has 0 atom stereocenters. The second kappa shape index (κ2) is 22.0. The lowest BCUT2D eigenvalue weighted by atomic mass is 10.1. The number of anilines is 2. The Morgan fingerprint density at radius 1 is 0.931 bits per heavy atom. The minimum atomic E-state index is -0.830. The van der Waals surface area contributed by atoms with Crippen LogP contribution in [0.1, 0.15) is 52.7 Å². The van der Waals surface area contributed by atoms with Crippen LogP contribution in [-0.4, -0.2) is 99.4 Å². The Balaban J connectivity index is 0.000000599. The van der Waals surface area contributed by atoms with Crippen LogP contribution in [-0.2, 0) is 27.3 Å². The summed E-state index contributed by atoms with van der Waals surface area (Å²) in [7, 11) is 6.26. The molecule has 0 aliphatic carbocycles. The molecule has 58 heavy (non-hydrogen) atoms. The van der Waals surface area contributed by atoms with E-state index in [0.717, 1.165) is 43.1 Å². The van der Waals surface area contributed by atoms with Crippen LogP contribution in [0.3, 0.4) is 0 Å². The summed E-state index contributed by atoms with van der Waals surface area (Å²) in [5, 5.41) is 6.05. The number of nitrogens with one attached hydrogen (secondary N) is 2. The third kappa shape index (κ3) is 11.7. The number of aromatic nitrogens is 2. The van der Waals surface area contributed by atoms with E-state index in [1.54, 1.807) is 74.8 Å². The van der Waals surface area contributed by atoms with Crippen LogP contribution < -0.4 is 20.1 Å². The summed E-state index contributed by atoms with van der Waals surface area (Å²) in [5.41, 5.74) is 1.80. The lowest BCUT2D eigenvalue weighted by molar-refractivity contribution is 0.0383. The number of methoxy groups -OCH3 is 4. The van der Waals surface area contributed by atoms with Crippen LogP contribution in [0.5, 0.6) is 11.5 Å². The van der Waals surface area contributed by atoms with E-state index in [1.165, 1.54) is 13.2 Å². The molecule has 1 saturated heterocycles. The van der Waals surface area contributed by atoms with E-state index in [0.29, 0.717) is 54.0 Å². The van der Waals surface area contributed by atoms with Crippen LogP contribution in [0.4, 0.5) is 20.3 Å². The number of rotatable bonds is 14. The molecular formula is C43H52F2N6O7. The molecule has 0 saturated carbocycles. The summed E-state index contributed by atoms with van der Waals surface area (Å²) >= 11 is 0. The van der Waals surface area contributed by atoms with Gasteiger partial charge in [0.2, 0.25) is 0 Å². The van der Waals surface area contributed by atoms with Gasteiger partial charge in [0.25, 0.3) is 11.8 Å². The average Bonchev–Trinajstić information content (AvgIpc) is 3.56. The van der Waals surface area contributed by atoms with Gasteiger partial charge in [-0.15, -0.1) is 0 Å². The van der Waals surface area contributed by atoms with Crippen LogP contribution >= 0.6 is 0 Å². The highest BCUT2D eigenvalue weighted by molar-refractivity contribution is 6.03. The Morgan fingerprint density at radius 3 is 2.24 bits per heavy atom. The van der Waals surface area contributed by atoms with Crippen molar-refractivity contribution in [2.24, 2.45) is 0 Å². The first-order chi connectivity index (χ1) is 28.0. The molecule has 2 aliphatic rings. The highest BCUT2D eigenvalue weighted by Gasteiger charge is 2.34. The fourth-order valence-corrected chi connectivity index (χ4v) is 5.93. The van der Waals surface area contributed by atoms with Gasteiger partial charge in [0, 0.05) is 55.1 Å². The van der Waals surface area contributed by atoms with E-state index in [1.807, 2.05) is 20.8 Å². The van der Waals surface area contributed by atoms with Crippen molar-refractivity contribution < 1.29 is 42.1 Å². The number of fused-ring (bicyclic) bond motifs is 1. The molecule has 2 amide bonds. The summed E-state index contributed by atoms with van der Waals surface area (Å²) in [4.78, 5) is 39.2. The zero-order valence-electron chi connectivity index (χ0n) is 34.1. The molecule has 3 aromatic carbocycles. The number of amides is 2. The lowest BCUT2D eigenvalue weighted by Crippen LogP contribution is -2.41. The van der Waals surface area contributed by atoms with Crippen molar-refractivity contribution >= 4 is 23.3 Å². The van der Waals surface area contributed by atoms with Crippen molar-refractivity contribution in [3.63, 3.8) is 0 Å². The minimum Gasteiger partial charge on any atom is -0.501 e. The molecule has 0 radical (unpaired) electrons. The Hall–Kier alpha value is -6.06. The van der Waals surface area contributed by atoms with E-state index in [2.05, 4.69) is 32.1 Å². The minimum absolute atomic E-state index is 0.0766. The molecule has 6 rings (SSSR count). The monoisotopic (exact) mass is 802 g/mol. The maximum absolute atomic E-state index is 14.9. The van der Waals surface area contributed by atoms with Crippen molar-refractivity contribution in [3.8, 4) is 22.9 Å². The van der Waals surface area contributed by atoms with Gasteiger partial charge < -0.3 is 39.2 Å². The number of nitrogens with zero attached hydrogens (tertiary/aromatic N) is 4. The molecule has 310 valence electrons. The molecule has 1 aromatic heterocycles. The number of morpholine rings is 1. The predicted molar refractivity (Wildman–Crippen MR) is 218 cm³/mol. The fourth-order valence-electron chi connectivity index (χ4n) is 5.93. The number of benzene rings is 3. The molecule has 3 heterocycles.